The molecule has 4 heteroatoms. The minimum absolute atomic E-state index is 0.0969. The molecule has 0 saturated carbocycles. The lowest BCUT2D eigenvalue weighted by molar-refractivity contribution is -0.385. The van der Waals surface area contributed by atoms with Gasteiger partial charge in [0.25, 0.3) is 5.69 Å². The van der Waals surface area contributed by atoms with Crippen LogP contribution >= 0.6 is 0 Å². The van der Waals surface area contributed by atoms with Crippen LogP contribution in [0.25, 0.3) is 0 Å². The molecule has 0 aliphatic heterocycles. The van der Waals surface area contributed by atoms with E-state index in [1.165, 1.54) is 0 Å². The van der Waals surface area contributed by atoms with Crippen molar-refractivity contribution in [1.29, 1.82) is 0 Å². The fourth-order valence-corrected chi connectivity index (χ4v) is 1.48. The Morgan fingerprint density at radius 2 is 2.06 bits per heavy atom. The SMILES string of the molecule is Cc1ccc(CC(O)C(C)C)c([N+](=O)[O-])c1. The van der Waals surface area contributed by atoms with E-state index in [1.54, 1.807) is 12.1 Å². The Hall–Kier alpha value is -1.42. The summed E-state index contributed by atoms with van der Waals surface area (Å²) >= 11 is 0. The maximum atomic E-state index is 10.8. The van der Waals surface area contributed by atoms with E-state index < -0.39 is 11.0 Å². The summed E-state index contributed by atoms with van der Waals surface area (Å²) in [4.78, 5) is 10.5. The summed E-state index contributed by atoms with van der Waals surface area (Å²) < 4.78 is 0. The summed E-state index contributed by atoms with van der Waals surface area (Å²) in [7, 11) is 0. The monoisotopic (exact) mass is 223 g/mol. The van der Waals surface area contributed by atoms with Crippen molar-refractivity contribution in [2.45, 2.75) is 33.3 Å². The normalized spacial score (nSPS) is 12.8. The van der Waals surface area contributed by atoms with Crippen LogP contribution in [0.2, 0.25) is 0 Å². The van der Waals surface area contributed by atoms with E-state index in [2.05, 4.69) is 0 Å². The Kier molecular flexibility index (Phi) is 4.01. The summed E-state index contributed by atoms with van der Waals surface area (Å²) in [6.07, 6.45) is -0.213. The maximum absolute atomic E-state index is 10.8. The zero-order valence-electron chi connectivity index (χ0n) is 9.80. The average Bonchev–Trinajstić information content (AvgIpc) is 2.20. The van der Waals surface area contributed by atoms with E-state index in [1.807, 2.05) is 26.8 Å². The van der Waals surface area contributed by atoms with Gasteiger partial charge in [-0.15, -0.1) is 0 Å². The molecule has 1 N–H and O–H groups in total. The first kappa shape index (κ1) is 12.6. The molecule has 0 bridgehead atoms. The second-order valence-electron chi connectivity index (χ2n) is 4.40. The fourth-order valence-electron chi connectivity index (χ4n) is 1.48. The Balaban J connectivity index is 2.99. The summed E-state index contributed by atoms with van der Waals surface area (Å²) in [6.45, 7) is 5.60. The third-order valence-corrected chi connectivity index (χ3v) is 2.64. The molecule has 0 saturated heterocycles. The number of aryl methyl sites for hydroxylation is 1. The summed E-state index contributed by atoms with van der Waals surface area (Å²) in [6, 6.07) is 5.09. The molecule has 0 aromatic heterocycles. The minimum Gasteiger partial charge on any atom is -0.393 e. The molecule has 0 spiro atoms. The van der Waals surface area contributed by atoms with E-state index in [-0.39, 0.29) is 11.6 Å². The van der Waals surface area contributed by atoms with E-state index >= 15 is 0 Å². The number of nitrogens with zero attached hydrogens (tertiary/aromatic N) is 1. The van der Waals surface area contributed by atoms with Crippen LogP contribution in [-0.4, -0.2) is 16.1 Å². The lowest BCUT2D eigenvalue weighted by atomic mass is 9.97. The lowest BCUT2D eigenvalue weighted by Gasteiger charge is -2.14. The molecule has 16 heavy (non-hydrogen) atoms. The Morgan fingerprint density at radius 1 is 1.44 bits per heavy atom. The van der Waals surface area contributed by atoms with Gasteiger partial charge in [-0.25, -0.2) is 0 Å². The van der Waals surface area contributed by atoms with Gasteiger partial charge in [0.05, 0.1) is 11.0 Å². The second-order valence-corrected chi connectivity index (χ2v) is 4.40. The molecule has 1 unspecified atom stereocenters. The Morgan fingerprint density at radius 3 is 2.56 bits per heavy atom. The quantitative estimate of drug-likeness (QED) is 0.630. The van der Waals surface area contributed by atoms with Gasteiger partial charge in [0.2, 0.25) is 0 Å². The molecule has 0 amide bonds. The van der Waals surface area contributed by atoms with E-state index in [0.717, 1.165) is 5.56 Å². The highest BCUT2D eigenvalue weighted by molar-refractivity contribution is 5.43. The highest BCUT2D eigenvalue weighted by Crippen LogP contribution is 2.22. The zero-order chi connectivity index (χ0) is 12.3. The van der Waals surface area contributed by atoms with Gasteiger partial charge in [-0.05, 0) is 18.4 Å². The number of benzene rings is 1. The number of aliphatic hydroxyl groups excluding tert-OH is 1. The molecule has 1 atom stereocenters. The van der Waals surface area contributed by atoms with Crippen LogP contribution < -0.4 is 0 Å². The van der Waals surface area contributed by atoms with Crippen LogP contribution in [0.1, 0.15) is 25.0 Å². The van der Waals surface area contributed by atoms with Crippen LogP contribution in [0, 0.1) is 23.0 Å². The van der Waals surface area contributed by atoms with Crippen molar-refractivity contribution in [3.63, 3.8) is 0 Å². The molecule has 0 aliphatic rings. The predicted molar refractivity (Wildman–Crippen MR) is 62.4 cm³/mol. The topological polar surface area (TPSA) is 63.4 Å². The molecule has 0 heterocycles. The van der Waals surface area contributed by atoms with Crippen molar-refractivity contribution in [2.24, 2.45) is 5.92 Å². The van der Waals surface area contributed by atoms with Crippen molar-refractivity contribution in [2.75, 3.05) is 0 Å². The van der Waals surface area contributed by atoms with E-state index in [4.69, 9.17) is 0 Å². The number of rotatable bonds is 4. The molecule has 0 fully saturated rings. The lowest BCUT2D eigenvalue weighted by Crippen LogP contribution is -2.18. The molecule has 88 valence electrons. The highest BCUT2D eigenvalue weighted by Gasteiger charge is 2.18. The number of aliphatic hydroxyl groups is 1. The van der Waals surface area contributed by atoms with Crippen LogP contribution in [0.4, 0.5) is 5.69 Å². The van der Waals surface area contributed by atoms with Gasteiger partial charge in [0.15, 0.2) is 0 Å². The van der Waals surface area contributed by atoms with Crippen LogP contribution in [0.3, 0.4) is 0 Å². The van der Waals surface area contributed by atoms with Crippen LogP contribution in [-0.2, 0) is 6.42 Å². The van der Waals surface area contributed by atoms with Gasteiger partial charge in [0, 0.05) is 18.1 Å². The standard InChI is InChI=1S/C12H17NO3/c1-8(2)12(14)7-10-5-4-9(3)6-11(10)13(15)16/h4-6,8,12,14H,7H2,1-3H3. The Labute approximate surface area is 95.1 Å². The third-order valence-electron chi connectivity index (χ3n) is 2.64. The van der Waals surface area contributed by atoms with Gasteiger partial charge in [0.1, 0.15) is 0 Å². The number of nitro groups is 1. The largest absolute Gasteiger partial charge is 0.393 e. The molecular formula is C12H17NO3. The molecule has 0 aliphatic carbocycles. The molecule has 0 radical (unpaired) electrons. The second kappa shape index (κ2) is 5.07. The van der Waals surface area contributed by atoms with Gasteiger partial charge in [-0.3, -0.25) is 10.1 Å². The van der Waals surface area contributed by atoms with Gasteiger partial charge in [-0.2, -0.15) is 0 Å². The number of nitro benzene ring substituents is 1. The van der Waals surface area contributed by atoms with Gasteiger partial charge >= 0.3 is 0 Å². The van der Waals surface area contributed by atoms with Crippen molar-refractivity contribution in [1.82, 2.24) is 0 Å². The summed E-state index contributed by atoms with van der Waals surface area (Å²) in [5.41, 5.74) is 1.55. The van der Waals surface area contributed by atoms with Crippen LogP contribution in [0.15, 0.2) is 18.2 Å². The first-order chi connectivity index (χ1) is 7.41. The molecular weight excluding hydrogens is 206 g/mol. The van der Waals surface area contributed by atoms with Crippen molar-refractivity contribution >= 4 is 5.69 Å². The number of hydrogen-bond donors (Lipinski definition) is 1. The maximum Gasteiger partial charge on any atom is 0.272 e. The van der Waals surface area contributed by atoms with Gasteiger partial charge in [-0.1, -0.05) is 26.0 Å². The highest BCUT2D eigenvalue weighted by atomic mass is 16.6. The summed E-state index contributed by atoms with van der Waals surface area (Å²) in [5, 5.41) is 20.6. The molecule has 1 rings (SSSR count). The molecule has 1 aromatic rings. The smallest absolute Gasteiger partial charge is 0.272 e. The van der Waals surface area contributed by atoms with Crippen LogP contribution in [0.5, 0.6) is 0 Å². The minimum atomic E-state index is -0.540. The average molecular weight is 223 g/mol. The molecule has 4 nitrogen and oxygen atoms in total. The first-order valence-electron chi connectivity index (χ1n) is 5.33. The van der Waals surface area contributed by atoms with E-state index in [9.17, 15) is 15.2 Å². The van der Waals surface area contributed by atoms with E-state index in [0.29, 0.717) is 12.0 Å². The van der Waals surface area contributed by atoms with Gasteiger partial charge < -0.3 is 5.11 Å². The zero-order valence-corrected chi connectivity index (χ0v) is 9.80. The van der Waals surface area contributed by atoms with Crippen molar-refractivity contribution < 1.29 is 10.0 Å². The summed E-state index contributed by atoms with van der Waals surface area (Å²) in [5.74, 6) is 0.0981. The third kappa shape index (κ3) is 3.03. The number of hydrogen-bond acceptors (Lipinski definition) is 3. The van der Waals surface area contributed by atoms with Crippen molar-refractivity contribution in [3.8, 4) is 0 Å². The Bertz CT molecular complexity index is 388. The molecule has 1 aromatic carbocycles. The predicted octanol–water partition coefficient (Wildman–Crippen LogP) is 2.46. The van der Waals surface area contributed by atoms with Crippen molar-refractivity contribution in [3.05, 3.63) is 39.4 Å². The first-order valence-corrected chi connectivity index (χ1v) is 5.33. The fraction of sp³-hybridized carbons (Fsp3) is 0.500.